The highest BCUT2D eigenvalue weighted by Crippen LogP contribution is 2.38. The van der Waals surface area contributed by atoms with E-state index in [2.05, 4.69) is 10.2 Å². The Morgan fingerprint density at radius 2 is 2.32 bits per heavy atom. The van der Waals surface area contributed by atoms with E-state index in [1.54, 1.807) is 12.0 Å². The molecule has 6 nitrogen and oxygen atoms in total. The van der Waals surface area contributed by atoms with Crippen molar-refractivity contribution in [3.05, 3.63) is 17.5 Å². The quantitative estimate of drug-likeness (QED) is 0.904. The van der Waals surface area contributed by atoms with Crippen LogP contribution < -0.4 is 0 Å². The Morgan fingerprint density at radius 3 is 2.84 bits per heavy atom. The van der Waals surface area contributed by atoms with Crippen molar-refractivity contribution in [1.82, 2.24) is 15.1 Å². The fourth-order valence-corrected chi connectivity index (χ4v) is 2.99. The number of aryl methyl sites for hydroxylation is 1. The molecule has 3 atom stereocenters. The van der Waals surface area contributed by atoms with Gasteiger partial charge in [0.05, 0.1) is 26.0 Å². The lowest BCUT2D eigenvalue weighted by molar-refractivity contribution is 0.0716. The first-order valence-electron chi connectivity index (χ1n) is 6.45. The molecule has 0 bridgehead atoms. The highest BCUT2D eigenvalue weighted by molar-refractivity contribution is 5.69. The summed E-state index contributed by atoms with van der Waals surface area (Å²) in [5.74, 6) is 0.205. The normalized spacial score (nSPS) is 26.7. The van der Waals surface area contributed by atoms with Gasteiger partial charge in [-0.3, -0.25) is 10.00 Å². The van der Waals surface area contributed by atoms with E-state index in [0.29, 0.717) is 6.61 Å². The smallest absolute Gasteiger partial charge is 0.410 e. The number of likely N-dealkylation sites (tertiary alicyclic amines) is 1. The molecule has 1 saturated heterocycles. The summed E-state index contributed by atoms with van der Waals surface area (Å²) in [7, 11) is 3.06. The van der Waals surface area contributed by atoms with E-state index in [0.717, 1.165) is 17.7 Å². The monoisotopic (exact) mass is 267 g/mol. The number of nitrogens with one attached hydrogen (secondary N) is 1. The number of amides is 1. The maximum atomic E-state index is 11.9. The van der Waals surface area contributed by atoms with Crippen LogP contribution in [0.4, 0.5) is 4.79 Å². The van der Waals surface area contributed by atoms with E-state index in [1.165, 1.54) is 7.11 Å². The average molecular weight is 267 g/mol. The lowest BCUT2D eigenvalue weighted by Gasteiger charge is -2.28. The number of aromatic amines is 1. The summed E-state index contributed by atoms with van der Waals surface area (Å²) >= 11 is 0. The van der Waals surface area contributed by atoms with Crippen LogP contribution in [0.3, 0.4) is 0 Å². The Kier molecular flexibility index (Phi) is 4.09. The molecule has 1 N–H and O–H groups in total. The van der Waals surface area contributed by atoms with Crippen LogP contribution in [0.25, 0.3) is 0 Å². The van der Waals surface area contributed by atoms with E-state index in [1.807, 2.05) is 20.0 Å². The van der Waals surface area contributed by atoms with Crippen molar-refractivity contribution in [2.75, 3.05) is 20.8 Å². The van der Waals surface area contributed by atoms with Gasteiger partial charge in [0.2, 0.25) is 0 Å². The van der Waals surface area contributed by atoms with E-state index in [4.69, 9.17) is 9.47 Å². The van der Waals surface area contributed by atoms with E-state index < -0.39 is 0 Å². The molecule has 1 aliphatic rings. The van der Waals surface area contributed by atoms with Crippen LogP contribution in [-0.4, -0.2) is 54.1 Å². The van der Waals surface area contributed by atoms with Gasteiger partial charge in [-0.2, -0.15) is 5.10 Å². The standard InChI is InChI=1S/C13H21N3O3/c1-8-6-14-15-12(8)10-5-9(2)16(13(17)19-4)11(10)7-18-3/h6,9-11H,5,7H2,1-4H3,(H,14,15)/t9-,10?,11?/m1/s1. The largest absolute Gasteiger partial charge is 0.453 e. The number of aromatic nitrogens is 2. The Balaban J connectivity index is 2.30. The Labute approximate surface area is 113 Å². The van der Waals surface area contributed by atoms with Gasteiger partial charge in [-0.1, -0.05) is 0 Å². The number of carbonyl (C=O) groups excluding carboxylic acids is 1. The van der Waals surface area contributed by atoms with Gasteiger partial charge >= 0.3 is 6.09 Å². The van der Waals surface area contributed by atoms with Crippen molar-refractivity contribution in [2.24, 2.45) is 0 Å². The van der Waals surface area contributed by atoms with Crippen LogP contribution in [0.15, 0.2) is 6.20 Å². The second-order valence-electron chi connectivity index (χ2n) is 5.06. The van der Waals surface area contributed by atoms with Gasteiger partial charge in [0, 0.05) is 24.8 Å². The van der Waals surface area contributed by atoms with E-state index >= 15 is 0 Å². The second-order valence-corrected chi connectivity index (χ2v) is 5.06. The second kappa shape index (κ2) is 5.61. The van der Waals surface area contributed by atoms with Crippen molar-refractivity contribution in [1.29, 1.82) is 0 Å². The topological polar surface area (TPSA) is 67.5 Å². The average Bonchev–Trinajstić information content (AvgIpc) is 2.93. The molecular weight excluding hydrogens is 246 g/mol. The van der Waals surface area contributed by atoms with Crippen LogP contribution in [0.1, 0.15) is 30.5 Å². The third-order valence-corrected chi connectivity index (χ3v) is 3.85. The number of methoxy groups -OCH3 is 2. The molecule has 0 aromatic carbocycles. The molecule has 2 unspecified atom stereocenters. The lowest BCUT2D eigenvalue weighted by Crippen LogP contribution is -2.43. The maximum Gasteiger partial charge on any atom is 0.410 e. The first kappa shape index (κ1) is 13.9. The number of nitrogens with zero attached hydrogens (tertiary/aromatic N) is 2. The zero-order valence-corrected chi connectivity index (χ0v) is 11.8. The molecule has 1 aromatic rings. The number of hydrogen-bond donors (Lipinski definition) is 1. The van der Waals surface area contributed by atoms with Crippen molar-refractivity contribution in [3.63, 3.8) is 0 Å². The molecule has 0 radical (unpaired) electrons. The van der Waals surface area contributed by atoms with Crippen molar-refractivity contribution < 1.29 is 14.3 Å². The number of rotatable bonds is 3. The molecule has 1 amide bonds. The molecular formula is C13H21N3O3. The minimum Gasteiger partial charge on any atom is -0.453 e. The van der Waals surface area contributed by atoms with Crippen LogP contribution in [0.2, 0.25) is 0 Å². The SMILES string of the molecule is COCC1C(c2[nH]ncc2C)C[C@@H](C)N1C(=O)OC. The summed E-state index contributed by atoms with van der Waals surface area (Å²) in [5, 5.41) is 7.12. The number of hydrogen-bond acceptors (Lipinski definition) is 4. The van der Waals surface area contributed by atoms with Gasteiger partial charge in [0.1, 0.15) is 0 Å². The minimum atomic E-state index is -0.297. The van der Waals surface area contributed by atoms with Gasteiger partial charge < -0.3 is 9.47 Å². The molecule has 2 rings (SSSR count). The Hall–Kier alpha value is -1.56. The Bertz CT molecular complexity index is 446. The van der Waals surface area contributed by atoms with E-state index in [9.17, 15) is 4.79 Å². The summed E-state index contributed by atoms with van der Waals surface area (Å²) in [6, 6.07) is 0.104. The maximum absolute atomic E-state index is 11.9. The summed E-state index contributed by atoms with van der Waals surface area (Å²) in [6.07, 6.45) is 2.39. The third kappa shape index (κ3) is 2.45. The van der Waals surface area contributed by atoms with Crippen LogP contribution in [0.5, 0.6) is 0 Å². The number of ether oxygens (including phenoxy) is 2. The first-order valence-corrected chi connectivity index (χ1v) is 6.45. The molecule has 1 aliphatic heterocycles. The third-order valence-electron chi connectivity index (χ3n) is 3.85. The first-order chi connectivity index (χ1) is 9.10. The van der Waals surface area contributed by atoms with Crippen LogP contribution in [-0.2, 0) is 9.47 Å². The van der Waals surface area contributed by atoms with Crippen molar-refractivity contribution in [2.45, 2.75) is 38.3 Å². The van der Waals surface area contributed by atoms with Gasteiger partial charge in [-0.25, -0.2) is 4.79 Å². The fraction of sp³-hybridized carbons (Fsp3) is 0.692. The minimum absolute atomic E-state index is 0.0217. The summed E-state index contributed by atoms with van der Waals surface area (Å²) in [6.45, 7) is 4.54. The molecule has 1 aromatic heterocycles. The molecule has 0 saturated carbocycles. The van der Waals surface area contributed by atoms with E-state index in [-0.39, 0.29) is 24.1 Å². The molecule has 6 heteroatoms. The highest BCUT2D eigenvalue weighted by Gasteiger charge is 2.44. The number of H-pyrrole nitrogens is 1. The molecule has 1 fully saturated rings. The summed E-state index contributed by atoms with van der Waals surface area (Å²) in [5.41, 5.74) is 2.20. The molecule has 0 aliphatic carbocycles. The lowest BCUT2D eigenvalue weighted by atomic mass is 9.94. The van der Waals surface area contributed by atoms with Crippen LogP contribution in [0, 0.1) is 6.92 Å². The van der Waals surface area contributed by atoms with Crippen molar-refractivity contribution >= 4 is 6.09 Å². The van der Waals surface area contributed by atoms with Gasteiger partial charge in [-0.15, -0.1) is 0 Å². The summed E-state index contributed by atoms with van der Waals surface area (Å²) < 4.78 is 10.2. The fourth-order valence-electron chi connectivity index (χ4n) is 2.99. The predicted molar refractivity (Wildman–Crippen MR) is 70.1 cm³/mol. The van der Waals surface area contributed by atoms with Gasteiger partial charge in [0.15, 0.2) is 0 Å². The molecule has 106 valence electrons. The summed E-state index contributed by atoms with van der Waals surface area (Å²) in [4.78, 5) is 13.7. The molecule has 0 spiro atoms. The highest BCUT2D eigenvalue weighted by atomic mass is 16.5. The Morgan fingerprint density at radius 1 is 1.58 bits per heavy atom. The predicted octanol–water partition coefficient (Wildman–Crippen LogP) is 1.68. The van der Waals surface area contributed by atoms with Gasteiger partial charge in [0.25, 0.3) is 0 Å². The zero-order chi connectivity index (χ0) is 14.0. The van der Waals surface area contributed by atoms with Gasteiger partial charge in [-0.05, 0) is 25.8 Å². The molecule has 19 heavy (non-hydrogen) atoms. The van der Waals surface area contributed by atoms with Crippen LogP contribution >= 0.6 is 0 Å². The molecule has 2 heterocycles. The van der Waals surface area contributed by atoms with Crippen molar-refractivity contribution in [3.8, 4) is 0 Å². The zero-order valence-electron chi connectivity index (χ0n) is 11.8. The number of carbonyl (C=O) groups is 1.